The van der Waals surface area contributed by atoms with E-state index in [0.717, 1.165) is 0 Å². The van der Waals surface area contributed by atoms with Gasteiger partial charge in [0, 0.05) is 11.5 Å². The van der Waals surface area contributed by atoms with Crippen LogP contribution in [0.3, 0.4) is 0 Å². The Labute approximate surface area is 143 Å². The standard InChI is InChI=1S/C18H19F2N3O2/c1-9-12(6-7-13(15(9)20)18(24)25)16-17(21)22-8-14(23-16)10-2-4-11(19)5-3-10/h6-8,10-11H,2-5H2,1H3,(H2,21,22)(H,24,25). The molecule has 1 aromatic heterocycles. The van der Waals surface area contributed by atoms with Crippen molar-refractivity contribution in [1.29, 1.82) is 0 Å². The van der Waals surface area contributed by atoms with Crippen molar-refractivity contribution in [2.45, 2.75) is 44.7 Å². The Bertz CT molecular complexity index is 818. The van der Waals surface area contributed by atoms with Gasteiger partial charge in [0.05, 0.1) is 17.5 Å². The van der Waals surface area contributed by atoms with Crippen molar-refractivity contribution in [3.8, 4) is 11.3 Å². The number of carboxylic acids is 1. The van der Waals surface area contributed by atoms with E-state index in [9.17, 15) is 13.6 Å². The van der Waals surface area contributed by atoms with Crippen molar-refractivity contribution in [3.63, 3.8) is 0 Å². The number of nitrogens with zero attached hydrogens (tertiary/aromatic N) is 2. The van der Waals surface area contributed by atoms with Crippen molar-refractivity contribution in [2.75, 3.05) is 5.73 Å². The maximum atomic E-state index is 14.3. The van der Waals surface area contributed by atoms with Crippen LogP contribution in [0.15, 0.2) is 18.3 Å². The van der Waals surface area contributed by atoms with Crippen molar-refractivity contribution >= 4 is 11.8 Å². The van der Waals surface area contributed by atoms with Gasteiger partial charge in [0.15, 0.2) is 0 Å². The van der Waals surface area contributed by atoms with Gasteiger partial charge < -0.3 is 10.8 Å². The zero-order valence-corrected chi connectivity index (χ0v) is 13.8. The largest absolute Gasteiger partial charge is 0.478 e. The summed E-state index contributed by atoms with van der Waals surface area (Å²) >= 11 is 0. The first-order chi connectivity index (χ1) is 11.9. The lowest BCUT2D eigenvalue weighted by Crippen LogP contribution is -2.15. The number of benzene rings is 1. The van der Waals surface area contributed by atoms with Gasteiger partial charge in [-0.1, -0.05) is 6.07 Å². The van der Waals surface area contributed by atoms with Gasteiger partial charge in [0.2, 0.25) is 0 Å². The fourth-order valence-corrected chi connectivity index (χ4v) is 3.26. The number of hydrogen-bond acceptors (Lipinski definition) is 4. The fraction of sp³-hybridized carbons (Fsp3) is 0.389. The molecule has 1 heterocycles. The van der Waals surface area contributed by atoms with E-state index in [2.05, 4.69) is 9.97 Å². The lowest BCUT2D eigenvalue weighted by molar-refractivity contribution is 0.0691. The Hall–Kier alpha value is -2.57. The molecular formula is C18H19F2N3O2. The molecule has 5 nitrogen and oxygen atoms in total. The Morgan fingerprint density at radius 3 is 2.60 bits per heavy atom. The highest BCUT2D eigenvalue weighted by Crippen LogP contribution is 2.35. The number of aromatic carboxylic acids is 1. The molecule has 1 aliphatic carbocycles. The summed E-state index contributed by atoms with van der Waals surface area (Å²) in [5.74, 6) is -1.90. The van der Waals surface area contributed by atoms with Crippen LogP contribution in [0.4, 0.5) is 14.6 Å². The molecule has 0 saturated heterocycles. The molecule has 1 fully saturated rings. The van der Waals surface area contributed by atoms with Gasteiger partial charge in [0.1, 0.15) is 23.5 Å². The van der Waals surface area contributed by atoms with Crippen LogP contribution in [0.5, 0.6) is 0 Å². The van der Waals surface area contributed by atoms with E-state index in [-0.39, 0.29) is 17.3 Å². The van der Waals surface area contributed by atoms with Crippen molar-refractivity contribution in [1.82, 2.24) is 9.97 Å². The molecule has 2 aromatic rings. The number of carbonyl (C=O) groups is 1. The van der Waals surface area contributed by atoms with Gasteiger partial charge in [0.25, 0.3) is 0 Å². The third-order valence-corrected chi connectivity index (χ3v) is 4.77. The highest BCUT2D eigenvalue weighted by Gasteiger charge is 2.25. The van der Waals surface area contributed by atoms with E-state index in [1.807, 2.05) is 0 Å². The van der Waals surface area contributed by atoms with Gasteiger partial charge >= 0.3 is 5.97 Å². The topological polar surface area (TPSA) is 89.1 Å². The van der Waals surface area contributed by atoms with Crippen LogP contribution < -0.4 is 5.73 Å². The second kappa shape index (κ2) is 6.74. The van der Waals surface area contributed by atoms with E-state index < -0.39 is 23.5 Å². The molecule has 25 heavy (non-hydrogen) atoms. The highest BCUT2D eigenvalue weighted by atomic mass is 19.1. The van der Waals surface area contributed by atoms with E-state index in [4.69, 9.17) is 10.8 Å². The molecule has 3 rings (SSSR count). The molecule has 1 aliphatic rings. The highest BCUT2D eigenvalue weighted by molar-refractivity contribution is 5.89. The van der Waals surface area contributed by atoms with Crippen LogP contribution in [0.1, 0.15) is 53.2 Å². The third-order valence-electron chi connectivity index (χ3n) is 4.77. The Morgan fingerprint density at radius 2 is 1.96 bits per heavy atom. The van der Waals surface area contributed by atoms with E-state index >= 15 is 0 Å². The smallest absolute Gasteiger partial charge is 0.338 e. The molecule has 0 amide bonds. The van der Waals surface area contributed by atoms with Crippen LogP contribution in [-0.2, 0) is 0 Å². The summed E-state index contributed by atoms with van der Waals surface area (Å²) in [4.78, 5) is 19.8. The number of rotatable bonds is 3. The van der Waals surface area contributed by atoms with Gasteiger partial charge in [-0.05, 0) is 44.2 Å². The number of halogens is 2. The van der Waals surface area contributed by atoms with E-state index in [0.29, 0.717) is 42.6 Å². The summed E-state index contributed by atoms with van der Waals surface area (Å²) in [5, 5.41) is 9.02. The predicted molar refractivity (Wildman–Crippen MR) is 89.6 cm³/mol. The fourth-order valence-electron chi connectivity index (χ4n) is 3.26. The van der Waals surface area contributed by atoms with E-state index in [1.165, 1.54) is 19.1 Å². The molecule has 0 aliphatic heterocycles. The first-order valence-corrected chi connectivity index (χ1v) is 8.17. The number of alkyl halides is 1. The van der Waals surface area contributed by atoms with Crippen LogP contribution in [-0.4, -0.2) is 27.2 Å². The normalized spacial score (nSPS) is 20.4. The quantitative estimate of drug-likeness (QED) is 0.880. The number of carboxylic acid groups (broad SMARTS) is 1. The molecule has 3 N–H and O–H groups in total. The lowest BCUT2D eigenvalue weighted by atomic mass is 9.86. The monoisotopic (exact) mass is 347 g/mol. The van der Waals surface area contributed by atoms with Gasteiger partial charge in [-0.3, -0.25) is 0 Å². The minimum atomic E-state index is -1.33. The number of anilines is 1. The zero-order chi connectivity index (χ0) is 18.1. The van der Waals surface area contributed by atoms with Crippen LogP contribution in [0, 0.1) is 12.7 Å². The Kier molecular flexibility index (Phi) is 4.65. The average Bonchev–Trinajstić information content (AvgIpc) is 2.58. The Morgan fingerprint density at radius 1 is 1.28 bits per heavy atom. The maximum absolute atomic E-state index is 14.3. The summed E-state index contributed by atoms with van der Waals surface area (Å²) < 4.78 is 27.7. The average molecular weight is 347 g/mol. The molecule has 132 valence electrons. The SMILES string of the molecule is Cc1c(-c2nc(C3CCC(F)CC3)cnc2N)ccc(C(=O)O)c1F. The molecule has 0 atom stereocenters. The molecule has 0 unspecified atom stereocenters. The van der Waals surface area contributed by atoms with Crippen LogP contribution in [0.25, 0.3) is 11.3 Å². The molecular weight excluding hydrogens is 328 g/mol. The minimum absolute atomic E-state index is 0.0993. The van der Waals surface area contributed by atoms with Gasteiger partial charge in [-0.25, -0.2) is 23.5 Å². The summed E-state index contributed by atoms with van der Waals surface area (Å²) in [6.07, 6.45) is 3.17. The summed E-state index contributed by atoms with van der Waals surface area (Å²) in [6, 6.07) is 2.69. The maximum Gasteiger partial charge on any atom is 0.338 e. The van der Waals surface area contributed by atoms with Crippen LogP contribution in [0.2, 0.25) is 0 Å². The number of nitrogens with two attached hydrogens (primary N) is 1. The zero-order valence-electron chi connectivity index (χ0n) is 13.8. The van der Waals surface area contributed by atoms with Crippen molar-refractivity contribution in [2.24, 2.45) is 0 Å². The van der Waals surface area contributed by atoms with Crippen molar-refractivity contribution < 1.29 is 18.7 Å². The van der Waals surface area contributed by atoms with Gasteiger partial charge in [-0.15, -0.1) is 0 Å². The molecule has 0 spiro atoms. The summed E-state index contributed by atoms with van der Waals surface area (Å²) in [6.45, 7) is 1.49. The lowest BCUT2D eigenvalue weighted by Gasteiger charge is -2.24. The second-order valence-corrected chi connectivity index (χ2v) is 6.38. The molecule has 1 saturated carbocycles. The number of nitrogen functional groups attached to an aromatic ring is 1. The number of aromatic nitrogens is 2. The molecule has 0 bridgehead atoms. The third kappa shape index (κ3) is 3.31. The Balaban J connectivity index is 2.01. The number of hydrogen-bond donors (Lipinski definition) is 2. The molecule has 1 aromatic carbocycles. The molecule has 0 radical (unpaired) electrons. The first-order valence-electron chi connectivity index (χ1n) is 8.17. The summed E-state index contributed by atoms with van der Waals surface area (Å²) in [5.41, 5.74) is 7.12. The van der Waals surface area contributed by atoms with Gasteiger partial charge in [-0.2, -0.15) is 0 Å². The molecule has 7 heteroatoms. The minimum Gasteiger partial charge on any atom is -0.478 e. The predicted octanol–water partition coefficient (Wildman–Crippen LogP) is 3.87. The van der Waals surface area contributed by atoms with Crippen LogP contribution >= 0.6 is 0 Å². The summed E-state index contributed by atoms with van der Waals surface area (Å²) in [7, 11) is 0. The second-order valence-electron chi connectivity index (χ2n) is 6.38. The van der Waals surface area contributed by atoms with E-state index in [1.54, 1.807) is 6.20 Å². The first kappa shape index (κ1) is 17.3. The van der Waals surface area contributed by atoms with Crippen molar-refractivity contribution in [3.05, 3.63) is 41.0 Å².